The number of carbonyl (C=O) groups is 1. The predicted octanol–water partition coefficient (Wildman–Crippen LogP) is 3.70. The maximum absolute atomic E-state index is 12.5. The molecule has 2 aliphatic rings. The fourth-order valence-electron chi connectivity index (χ4n) is 4.37. The topological polar surface area (TPSA) is 45.0 Å². The van der Waals surface area contributed by atoms with Crippen LogP contribution in [0.2, 0.25) is 0 Å². The van der Waals surface area contributed by atoms with Crippen LogP contribution in [0.15, 0.2) is 70.9 Å². The summed E-state index contributed by atoms with van der Waals surface area (Å²) in [6.45, 7) is 2.64. The standard InChI is InChI=1S/C22H25N3OSe/c1-16(26)21-13-20(18-10-6-3-7-11-18)19(12-17-8-4-2-5-9-17)14-25(21)22-24-23-15-27-22/h2-11,19-22H,12-15H2,1H3. The number of benzene rings is 2. The minimum atomic E-state index is -0.0499. The van der Waals surface area contributed by atoms with E-state index in [1.165, 1.54) is 11.1 Å². The Hall–Kier alpha value is -1.81. The van der Waals surface area contributed by atoms with Gasteiger partial charge in [-0.3, -0.25) is 0 Å². The first-order chi connectivity index (χ1) is 13.2. The van der Waals surface area contributed by atoms with E-state index in [9.17, 15) is 4.79 Å². The van der Waals surface area contributed by atoms with Crippen molar-refractivity contribution in [1.29, 1.82) is 0 Å². The van der Waals surface area contributed by atoms with Crippen LogP contribution in [0.25, 0.3) is 0 Å². The van der Waals surface area contributed by atoms with Gasteiger partial charge in [0.2, 0.25) is 0 Å². The molecule has 1 fully saturated rings. The summed E-state index contributed by atoms with van der Waals surface area (Å²) in [5, 5.41) is 8.80. The molecule has 4 unspecified atom stereocenters. The fourth-order valence-corrected chi connectivity index (χ4v) is 6.10. The Morgan fingerprint density at radius 2 is 1.81 bits per heavy atom. The molecule has 2 aliphatic heterocycles. The molecule has 0 bridgehead atoms. The van der Waals surface area contributed by atoms with Gasteiger partial charge in [-0.25, -0.2) is 0 Å². The van der Waals surface area contributed by atoms with Crippen molar-refractivity contribution in [1.82, 2.24) is 4.90 Å². The third kappa shape index (κ3) is 4.21. The molecule has 140 valence electrons. The van der Waals surface area contributed by atoms with Gasteiger partial charge in [0.25, 0.3) is 0 Å². The minimum absolute atomic E-state index is 0.0499. The SMILES string of the molecule is CC(=O)C1CC(c2ccccc2)C(Cc2ccccc2)CN1C1N=NC[Se]1. The van der Waals surface area contributed by atoms with Crippen molar-refractivity contribution in [2.24, 2.45) is 16.1 Å². The molecule has 4 nitrogen and oxygen atoms in total. The van der Waals surface area contributed by atoms with Gasteiger partial charge in [0.1, 0.15) is 0 Å². The Bertz CT molecular complexity index is 796. The fraction of sp³-hybridized carbons (Fsp3) is 0.409. The summed E-state index contributed by atoms with van der Waals surface area (Å²) >= 11 is 0.338. The van der Waals surface area contributed by atoms with Crippen LogP contribution >= 0.6 is 0 Å². The van der Waals surface area contributed by atoms with Crippen LogP contribution < -0.4 is 0 Å². The van der Waals surface area contributed by atoms with Gasteiger partial charge in [-0.05, 0) is 0 Å². The molecule has 5 heteroatoms. The van der Waals surface area contributed by atoms with Gasteiger partial charge >= 0.3 is 167 Å². The number of nitrogens with zero attached hydrogens (tertiary/aromatic N) is 3. The zero-order chi connectivity index (χ0) is 18.6. The molecule has 0 radical (unpaired) electrons. The first-order valence-corrected chi connectivity index (χ1v) is 11.8. The summed E-state index contributed by atoms with van der Waals surface area (Å²) in [4.78, 5) is 14.9. The van der Waals surface area contributed by atoms with E-state index in [4.69, 9.17) is 0 Å². The van der Waals surface area contributed by atoms with E-state index in [2.05, 4.69) is 75.8 Å². The first kappa shape index (κ1) is 18.5. The summed E-state index contributed by atoms with van der Waals surface area (Å²) in [7, 11) is 0. The van der Waals surface area contributed by atoms with Crippen molar-refractivity contribution in [3.63, 3.8) is 0 Å². The van der Waals surface area contributed by atoms with Crippen molar-refractivity contribution in [3.8, 4) is 0 Å². The Balaban J connectivity index is 1.65. The predicted molar refractivity (Wildman–Crippen MR) is 108 cm³/mol. The van der Waals surface area contributed by atoms with Gasteiger partial charge in [0.05, 0.1) is 0 Å². The second kappa shape index (κ2) is 8.47. The molecule has 4 atom stereocenters. The maximum atomic E-state index is 12.5. The van der Waals surface area contributed by atoms with Gasteiger partial charge in [-0.1, -0.05) is 0 Å². The van der Waals surface area contributed by atoms with Gasteiger partial charge in [-0.2, -0.15) is 0 Å². The molecule has 2 heterocycles. The Morgan fingerprint density at radius 3 is 2.44 bits per heavy atom. The molecule has 0 aromatic heterocycles. The third-order valence-corrected chi connectivity index (χ3v) is 7.62. The molecule has 0 spiro atoms. The van der Waals surface area contributed by atoms with Gasteiger partial charge < -0.3 is 0 Å². The zero-order valence-corrected chi connectivity index (χ0v) is 17.3. The first-order valence-electron chi connectivity index (χ1n) is 9.55. The summed E-state index contributed by atoms with van der Waals surface area (Å²) in [5.41, 5.74) is 3.55. The van der Waals surface area contributed by atoms with E-state index >= 15 is 0 Å². The van der Waals surface area contributed by atoms with Crippen molar-refractivity contribution in [2.75, 3.05) is 12.0 Å². The molecule has 0 N–H and O–H groups in total. The number of Topliss-reactive ketones (excluding diaryl/α,β-unsaturated/α-hetero) is 1. The van der Waals surface area contributed by atoms with Crippen LogP contribution in [0.3, 0.4) is 0 Å². The number of rotatable bonds is 5. The van der Waals surface area contributed by atoms with E-state index in [1.807, 2.05) is 0 Å². The quantitative estimate of drug-likeness (QED) is 0.685. The number of carbonyl (C=O) groups excluding carboxylic acids is 1. The van der Waals surface area contributed by atoms with Gasteiger partial charge in [0, 0.05) is 0 Å². The molecule has 0 aliphatic carbocycles. The monoisotopic (exact) mass is 427 g/mol. The molecule has 4 rings (SSSR count). The van der Waals surface area contributed by atoms with Crippen LogP contribution in [0.1, 0.15) is 30.4 Å². The number of ketones is 1. The van der Waals surface area contributed by atoms with Crippen molar-refractivity contribution < 1.29 is 4.79 Å². The van der Waals surface area contributed by atoms with Crippen LogP contribution in [-0.4, -0.2) is 48.7 Å². The van der Waals surface area contributed by atoms with E-state index in [1.54, 1.807) is 6.92 Å². The van der Waals surface area contributed by atoms with E-state index < -0.39 is 0 Å². The van der Waals surface area contributed by atoms with E-state index in [-0.39, 0.29) is 16.9 Å². The Labute approximate surface area is 167 Å². The molecule has 2 aromatic rings. The summed E-state index contributed by atoms with van der Waals surface area (Å²) in [5.74, 6) is 1.12. The zero-order valence-electron chi connectivity index (χ0n) is 15.6. The molecule has 2 aromatic carbocycles. The normalized spacial score (nSPS) is 28.3. The molecular formula is C22H25N3OSe. The number of azo groups is 1. The number of hydrogen-bond acceptors (Lipinski definition) is 4. The second-order valence-electron chi connectivity index (χ2n) is 7.40. The van der Waals surface area contributed by atoms with Crippen LogP contribution in [-0.2, 0) is 11.2 Å². The summed E-state index contributed by atoms with van der Waals surface area (Å²) in [6.07, 6.45) is 1.90. The molecule has 27 heavy (non-hydrogen) atoms. The molecule has 0 saturated carbocycles. The number of piperidine rings is 1. The number of hydrogen-bond donors (Lipinski definition) is 0. The third-order valence-electron chi connectivity index (χ3n) is 5.68. The van der Waals surface area contributed by atoms with Crippen molar-refractivity contribution >= 4 is 20.7 Å². The van der Waals surface area contributed by atoms with Crippen LogP contribution in [0.5, 0.6) is 0 Å². The van der Waals surface area contributed by atoms with Crippen LogP contribution in [0.4, 0.5) is 0 Å². The second-order valence-corrected chi connectivity index (χ2v) is 9.53. The van der Waals surface area contributed by atoms with E-state index in [0.717, 1.165) is 24.8 Å². The summed E-state index contributed by atoms with van der Waals surface area (Å²) < 4.78 is 0. The van der Waals surface area contributed by atoms with Gasteiger partial charge in [0.15, 0.2) is 0 Å². The Kier molecular flexibility index (Phi) is 5.82. The van der Waals surface area contributed by atoms with Crippen molar-refractivity contribution in [3.05, 3.63) is 71.8 Å². The van der Waals surface area contributed by atoms with Crippen molar-refractivity contribution in [2.45, 2.75) is 36.8 Å². The van der Waals surface area contributed by atoms with Gasteiger partial charge in [-0.15, -0.1) is 0 Å². The van der Waals surface area contributed by atoms with Crippen LogP contribution in [0, 0.1) is 5.92 Å². The molecule has 0 amide bonds. The average molecular weight is 426 g/mol. The molecule has 1 saturated heterocycles. The average Bonchev–Trinajstić information content (AvgIpc) is 3.24. The Morgan fingerprint density at radius 1 is 1.11 bits per heavy atom. The molecular weight excluding hydrogens is 401 g/mol. The number of likely N-dealkylation sites (tertiary alicyclic amines) is 1. The summed E-state index contributed by atoms with van der Waals surface area (Å²) in [6, 6.07) is 21.4. The van der Waals surface area contributed by atoms with E-state index in [0.29, 0.717) is 26.8 Å².